The van der Waals surface area contributed by atoms with Crippen molar-refractivity contribution in [2.75, 3.05) is 21.3 Å². The second-order valence-electron chi connectivity index (χ2n) is 15.0. The van der Waals surface area contributed by atoms with Crippen molar-refractivity contribution in [3.05, 3.63) is 41.0 Å². The minimum Gasteiger partial charge on any atom is -0.497 e. The number of ether oxygens (including phenoxy) is 3. The van der Waals surface area contributed by atoms with E-state index >= 15 is 9.59 Å². The van der Waals surface area contributed by atoms with Gasteiger partial charge in [0.25, 0.3) is 5.16 Å². The van der Waals surface area contributed by atoms with Crippen molar-refractivity contribution in [2.45, 2.75) is 109 Å². The molecule has 5 aliphatic rings. The zero-order valence-electron chi connectivity index (χ0n) is 30.3. The van der Waals surface area contributed by atoms with Crippen LogP contribution in [0, 0.1) is 50.7 Å². The van der Waals surface area contributed by atoms with Crippen molar-refractivity contribution in [3.8, 4) is 24.0 Å². The summed E-state index contributed by atoms with van der Waals surface area (Å²) >= 11 is 0. The summed E-state index contributed by atoms with van der Waals surface area (Å²) in [6, 6.07) is 12.9. The van der Waals surface area contributed by atoms with Crippen molar-refractivity contribution in [1.82, 2.24) is 9.34 Å². The highest BCUT2D eigenvalue weighted by molar-refractivity contribution is 7.74. The molecule has 5 atom stereocenters. The van der Waals surface area contributed by atoms with Gasteiger partial charge in [-0.3, -0.25) is 4.79 Å². The summed E-state index contributed by atoms with van der Waals surface area (Å²) in [6.07, 6.45) is 4.47. The van der Waals surface area contributed by atoms with Crippen LogP contribution in [0.3, 0.4) is 0 Å². The Morgan fingerprint density at radius 1 is 0.918 bits per heavy atom. The number of hydrogen-bond donors (Lipinski definition) is 0. The third kappa shape index (κ3) is 4.24. The predicted octanol–water partition coefficient (Wildman–Crippen LogP) is 6.49. The Kier molecular flexibility index (Phi) is 9.31. The molecule has 1 aromatic carbocycles. The van der Waals surface area contributed by atoms with Gasteiger partial charge in [-0.2, -0.15) is 15.8 Å². The van der Waals surface area contributed by atoms with Crippen molar-refractivity contribution in [1.29, 1.82) is 15.8 Å². The van der Waals surface area contributed by atoms with Crippen molar-refractivity contribution >= 4 is 25.4 Å². The minimum absolute atomic E-state index is 0.150. The highest BCUT2D eigenvalue weighted by Gasteiger charge is 3.12. The Labute approximate surface area is 291 Å². The first-order valence-electron chi connectivity index (χ1n) is 17.0. The van der Waals surface area contributed by atoms with E-state index in [1.165, 1.54) is 14.2 Å². The number of benzene rings is 1. The van der Waals surface area contributed by atoms with Crippen LogP contribution in [0.1, 0.15) is 86.1 Å². The van der Waals surface area contributed by atoms with Crippen LogP contribution in [0.25, 0.3) is 0 Å². The van der Waals surface area contributed by atoms with Gasteiger partial charge in [-0.15, -0.1) is 9.34 Å². The predicted molar refractivity (Wildman–Crippen MR) is 186 cm³/mol. The van der Waals surface area contributed by atoms with E-state index in [0.717, 1.165) is 43.4 Å². The number of allylic oxidation sites excluding steroid dienone is 1. The maximum absolute atomic E-state index is 15.4. The third-order valence-electron chi connectivity index (χ3n) is 11.1. The Morgan fingerprint density at radius 3 is 1.90 bits per heavy atom. The minimum atomic E-state index is -3.81. The van der Waals surface area contributed by atoms with Gasteiger partial charge < -0.3 is 14.2 Å². The summed E-state index contributed by atoms with van der Waals surface area (Å²) in [5.74, 6) is -1.71. The molecule has 0 radical (unpaired) electrons. The van der Waals surface area contributed by atoms with Crippen LogP contribution in [0.15, 0.2) is 40.2 Å². The van der Waals surface area contributed by atoms with Gasteiger partial charge in [0, 0.05) is 23.5 Å². The van der Waals surface area contributed by atoms with Gasteiger partial charge in [0.05, 0.1) is 33.0 Å². The number of carbonyl (C=O) groups is 2. The number of esters is 2. The Hall–Kier alpha value is -3.81. The second kappa shape index (κ2) is 12.5. The van der Waals surface area contributed by atoms with Crippen molar-refractivity contribution < 1.29 is 23.8 Å². The lowest BCUT2D eigenvalue weighted by Gasteiger charge is -2.54. The molecule has 11 nitrogen and oxygen atoms in total. The van der Waals surface area contributed by atoms with Crippen LogP contribution in [-0.4, -0.2) is 71.6 Å². The van der Waals surface area contributed by atoms with Crippen LogP contribution in [0.5, 0.6) is 5.75 Å². The Balaban J connectivity index is 2.22. The first kappa shape index (κ1) is 36.5. The molecule has 0 spiro atoms. The molecule has 0 N–H and O–H groups in total. The van der Waals surface area contributed by atoms with E-state index in [1.54, 1.807) is 7.11 Å². The van der Waals surface area contributed by atoms with Gasteiger partial charge in [0.1, 0.15) is 40.6 Å². The number of rotatable bonds is 9. The third-order valence-corrected chi connectivity index (χ3v) is 16.1. The molecule has 4 bridgehead atoms. The summed E-state index contributed by atoms with van der Waals surface area (Å²) in [7, 11) is 0.305. The first-order valence-corrected chi connectivity index (χ1v) is 18.7. The fourth-order valence-electron chi connectivity index (χ4n) is 9.90. The summed E-state index contributed by atoms with van der Waals surface area (Å²) in [5, 5.41) is 30.0. The monoisotopic (exact) mass is 687 g/mol. The maximum Gasteiger partial charge on any atom is 0.362 e. The molecule has 0 aromatic heterocycles. The standard InChI is InChI=1S/C37H48N6O5P/c1-23(2)42(24(3)4)49-37(33(45)48-10,29(22-40)25(20-38)21-39)35(32(44)47-9)30(31(41-49)34(5,6)7)36(35,26-16-18-28(46-8)19-17-26)43(49)27-14-12-11-13-15-27/h16-19,23-24,27,30H,11-15H2,1-10H3/q+1. The molecule has 3 fully saturated rings. The summed E-state index contributed by atoms with van der Waals surface area (Å²) in [5.41, 5.74) is -3.09. The second-order valence-corrected chi connectivity index (χ2v) is 17.9. The summed E-state index contributed by atoms with van der Waals surface area (Å²) in [4.78, 5) is 30.7. The fraction of sp³-hybridized carbons (Fsp3) is 0.622. The van der Waals surface area contributed by atoms with Gasteiger partial charge in [0.15, 0.2) is 5.41 Å². The first-order chi connectivity index (χ1) is 23.2. The van der Waals surface area contributed by atoms with E-state index in [4.69, 9.17) is 19.0 Å². The van der Waals surface area contributed by atoms with E-state index < -0.39 is 52.7 Å². The topological polar surface area (TPSA) is 152 Å². The molecule has 49 heavy (non-hydrogen) atoms. The highest BCUT2D eigenvalue weighted by atomic mass is 31.2. The largest absolute Gasteiger partial charge is 0.497 e. The van der Waals surface area contributed by atoms with Gasteiger partial charge in [-0.25, -0.2) is 4.79 Å². The van der Waals surface area contributed by atoms with E-state index in [-0.39, 0.29) is 23.7 Å². The van der Waals surface area contributed by atoms with E-state index in [2.05, 4.69) is 15.4 Å². The van der Waals surface area contributed by atoms with Crippen molar-refractivity contribution in [3.63, 3.8) is 0 Å². The van der Waals surface area contributed by atoms with E-state index in [9.17, 15) is 15.8 Å². The molecule has 260 valence electrons. The Morgan fingerprint density at radius 2 is 1.47 bits per heavy atom. The molecule has 0 amide bonds. The molecule has 5 unspecified atom stereocenters. The van der Waals surface area contributed by atoms with E-state index in [0.29, 0.717) is 5.75 Å². The summed E-state index contributed by atoms with van der Waals surface area (Å²) < 4.78 is 27.5. The number of nitriles is 3. The molecular weight excluding hydrogens is 639 g/mol. The number of methoxy groups -OCH3 is 3. The zero-order chi connectivity index (χ0) is 36.3. The van der Waals surface area contributed by atoms with Crippen LogP contribution in [0.4, 0.5) is 0 Å². The number of nitrogens with zero attached hydrogens (tertiary/aromatic N) is 6. The normalized spacial score (nSPS) is 30.6. The summed E-state index contributed by atoms with van der Waals surface area (Å²) in [6.45, 7) is 14.2. The van der Waals surface area contributed by atoms with E-state index in [1.807, 2.05) is 84.9 Å². The molecule has 6 rings (SSSR count). The van der Waals surface area contributed by atoms with Gasteiger partial charge in [-0.1, -0.05) is 56.9 Å². The molecule has 1 aromatic rings. The molecule has 2 saturated carbocycles. The van der Waals surface area contributed by atoms with Crippen LogP contribution >= 0.6 is 7.71 Å². The molecule has 1 saturated heterocycles. The fourth-order valence-corrected chi connectivity index (χ4v) is 16.3. The highest BCUT2D eigenvalue weighted by Crippen LogP contribution is 3.04. The van der Waals surface area contributed by atoms with Crippen molar-refractivity contribution in [2.24, 2.45) is 21.5 Å². The van der Waals surface area contributed by atoms with Crippen LogP contribution in [0.2, 0.25) is 0 Å². The van der Waals surface area contributed by atoms with Gasteiger partial charge in [0.2, 0.25) is 0 Å². The Bertz CT molecular complexity index is 1700. The average Bonchev–Trinajstić information content (AvgIpc) is 3.67. The SMILES string of the molecule is COC(=O)C12C3C(C(C)(C)C)=N[P+](N(C(C)C)C(C)C)(N(C4CCCCC4)C31c1ccc(OC)cc1)C2(C(=O)OC)C(C#N)=C(C#N)C#N. The number of carbonyl (C=O) groups excluding carboxylic acids is 2. The molecule has 3 aliphatic heterocycles. The molecule has 12 heteroatoms. The molecular formula is C37H48N6O5P+. The number of hydrogen-bond acceptors (Lipinski definition) is 11. The lowest BCUT2D eigenvalue weighted by molar-refractivity contribution is -0.157. The van der Waals surface area contributed by atoms with Crippen LogP contribution in [-0.2, 0) is 24.6 Å². The average molecular weight is 688 g/mol. The molecule has 2 aliphatic carbocycles. The lowest BCUT2D eigenvalue weighted by Crippen LogP contribution is -2.63. The van der Waals surface area contributed by atoms with Crippen LogP contribution < -0.4 is 4.74 Å². The lowest BCUT2D eigenvalue weighted by atomic mass is 9.73. The zero-order valence-corrected chi connectivity index (χ0v) is 31.2. The quantitative estimate of drug-likeness (QED) is 0.160. The van der Waals surface area contributed by atoms with Gasteiger partial charge in [-0.05, 0) is 58.2 Å². The molecule has 3 heterocycles. The van der Waals surface area contributed by atoms with Gasteiger partial charge >= 0.3 is 19.7 Å². The smallest absolute Gasteiger partial charge is 0.362 e. The maximum atomic E-state index is 15.4.